The molecule has 0 atom stereocenters. The van der Waals surface area contributed by atoms with Crippen LogP contribution in [-0.4, -0.2) is 19.8 Å². The molecule has 22 heavy (non-hydrogen) atoms. The number of benzene rings is 1. The van der Waals surface area contributed by atoms with Crippen molar-refractivity contribution >= 4 is 11.6 Å². The van der Waals surface area contributed by atoms with Gasteiger partial charge in [0.25, 0.3) is 0 Å². The predicted octanol–water partition coefficient (Wildman–Crippen LogP) is 4.33. The zero-order valence-corrected chi connectivity index (χ0v) is 12.8. The van der Waals surface area contributed by atoms with Crippen molar-refractivity contribution in [1.29, 1.82) is 0 Å². The molecule has 0 N–H and O–H groups in total. The van der Waals surface area contributed by atoms with Gasteiger partial charge < -0.3 is 14.2 Å². The molecule has 3 aliphatic heterocycles. The second-order valence-corrected chi connectivity index (χ2v) is 6.27. The molecule has 3 saturated heterocycles. The van der Waals surface area contributed by atoms with Crippen LogP contribution in [0.25, 0.3) is 0 Å². The Morgan fingerprint density at radius 3 is 2.23 bits per heavy atom. The van der Waals surface area contributed by atoms with Gasteiger partial charge in [-0.2, -0.15) is 13.2 Å². The molecule has 122 valence electrons. The summed E-state index contributed by atoms with van der Waals surface area (Å²) >= 11 is 5.64. The van der Waals surface area contributed by atoms with Crippen molar-refractivity contribution < 1.29 is 27.4 Å². The van der Waals surface area contributed by atoms with Gasteiger partial charge in [-0.05, 0) is 24.6 Å². The third kappa shape index (κ3) is 2.62. The second kappa shape index (κ2) is 5.37. The van der Waals surface area contributed by atoms with Gasteiger partial charge in [-0.15, -0.1) is 0 Å². The zero-order chi connectivity index (χ0) is 16.0. The van der Waals surface area contributed by atoms with Gasteiger partial charge in [0.05, 0.1) is 30.4 Å². The molecule has 3 heterocycles. The van der Waals surface area contributed by atoms with Crippen LogP contribution in [0.1, 0.15) is 30.9 Å². The number of alkyl halides is 3. The Morgan fingerprint density at radius 2 is 1.73 bits per heavy atom. The van der Waals surface area contributed by atoms with Crippen LogP contribution in [0.5, 0.6) is 0 Å². The van der Waals surface area contributed by atoms with Gasteiger partial charge in [0.15, 0.2) is 0 Å². The van der Waals surface area contributed by atoms with Gasteiger partial charge in [-0.25, -0.2) is 0 Å². The highest BCUT2D eigenvalue weighted by Gasteiger charge is 2.53. The number of ether oxygens (including phenoxy) is 3. The van der Waals surface area contributed by atoms with Crippen LogP contribution in [0.3, 0.4) is 0 Å². The molecule has 1 aromatic carbocycles. The minimum absolute atomic E-state index is 0.175. The molecular formula is C15H16ClF3O3. The minimum atomic E-state index is -4.54. The monoisotopic (exact) mass is 336 g/mol. The van der Waals surface area contributed by atoms with Gasteiger partial charge in [-0.1, -0.05) is 24.9 Å². The first-order valence-corrected chi connectivity index (χ1v) is 7.47. The van der Waals surface area contributed by atoms with E-state index in [2.05, 4.69) is 6.92 Å². The maximum Gasteiger partial charge on any atom is 0.417 e. The van der Waals surface area contributed by atoms with Crippen LogP contribution < -0.4 is 0 Å². The lowest BCUT2D eigenvalue weighted by Gasteiger charge is -2.52. The van der Waals surface area contributed by atoms with Crippen LogP contribution >= 0.6 is 11.6 Å². The van der Waals surface area contributed by atoms with Crippen molar-refractivity contribution in [1.82, 2.24) is 0 Å². The first kappa shape index (κ1) is 16.1. The first-order chi connectivity index (χ1) is 10.3. The van der Waals surface area contributed by atoms with E-state index in [-0.39, 0.29) is 16.0 Å². The maximum atomic E-state index is 13.0. The van der Waals surface area contributed by atoms with Crippen molar-refractivity contribution in [3.05, 3.63) is 34.3 Å². The molecule has 0 aromatic heterocycles. The van der Waals surface area contributed by atoms with Crippen molar-refractivity contribution in [3.8, 4) is 0 Å². The molecule has 3 aliphatic rings. The molecule has 0 saturated carbocycles. The number of halogens is 4. The van der Waals surface area contributed by atoms with Crippen LogP contribution in [0, 0.1) is 5.41 Å². The molecular weight excluding hydrogens is 321 g/mol. The number of hydrogen-bond donors (Lipinski definition) is 0. The third-order valence-electron chi connectivity index (χ3n) is 4.11. The van der Waals surface area contributed by atoms with Crippen molar-refractivity contribution in [3.63, 3.8) is 0 Å². The molecule has 1 aromatic rings. The molecule has 7 heteroatoms. The summed E-state index contributed by atoms with van der Waals surface area (Å²) in [5.74, 6) is -1.56. The summed E-state index contributed by atoms with van der Waals surface area (Å²) in [4.78, 5) is 0. The highest BCUT2D eigenvalue weighted by atomic mass is 35.5. The molecule has 0 amide bonds. The number of hydrogen-bond acceptors (Lipinski definition) is 3. The van der Waals surface area contributed by atoms with Gasteiger partial charge in [0.1, 0.15) is 0 Å². The summed E-state index contributed by atoms with van der Waals surface area (Å²) in [5.41, 5.74) is -0.947. The van der Waals surface area contributed by atoms with E-state index < -0.39 is 17.7 Å². The normalized spacial score (nSPS) is 31.5. The van der Waals surface area contributed by atoms with Crippen LogP contribution in [0.4, 0.5) is 13.2 Å². The van der Waals surface area contributed by atoms with Gasteiger partial charge in [0.2, 0.25) is 0 Å². The maximum absolute atomic E-state index is 13.0. The summed E-state index contributed by atoms with van der Waals surface area (Å²) in [6, 6.07) is 3.56. The third-order valence-corrected chi connectivity index (χ3v) is 4.44. The summed E-state index contributed by atoms with van der Waals surface area (Å²) in [6.45, 7) is 3.28. The highest BCUT2D eigenvalue weighted by Crippen LogP contribution is 2.47. The Bertz CT molecular complexity index is 549. The number of fused-ring (bicyclic) bond motifs is 3. The molecule has 0 unspecified atom stereocenters. The second-order valence-electron chi connectivity index (χ2n) is 5.86. The van der Waals surface area contributed by atoms with Crippen molar-refractivity contribution in [2.24, 2.45) is 5.41 Å². The van der Waals surface area contributed by atoms with Gasteiger partial charge in [0, 0.05) is 11.0 Å². The Labute approximate surface area is 131 Å². The summed E-state index contributed by atoms with van der Waals surface area (Å²) in [7, 11) is 0. The SMILES string of the molecule is CCCC12COC(c3ccc(Cl)c(C(F)(F)F)c3)(OC1)OC2. The predicted molar refractivity (Wildman–Crippen MR) is 73.3 cm³/mol. The Morgan fingerprint density at radius 1 is 1.14 bits per heavy atom. The zero-order valence-electron chi connectivity index (χ0n) is 12.0. The highest BCUT2D eigenvalue weighted by molar-refractivity contribution is 6.31. The van der Waals surface area contributed by atoms with E-state index in [0.29, 0.717) is 19.8 Å². The quantitative estimate of drug-likeness (QED) is 0.822. The van der Waals surface area contributed by atoms with Crippen LogP contribution in [0.15, 0.2) is 18.2 Å². The van der Waals surface area contributed by atoms with E-state index in [1.54, 1.807) is 0 Å². The molecule has 2 bridgehead atoms. The van der Waals surface area contributed by atoms with Crippen molar-refractivity contribution in [2.75, 3.05) is 19.8 Å². The molecule has 0 radical (unpaired) electrons. The van der Waals surface area contributed by atoms with Crippen molar-refractivity contribution in [2.45, 2.75) is 31.9 Å². The fourth-order valence-corrected chi connectivity index (χ4v) is 3.15. The lowest BCUT2D eigenvalue weighted by molar-refractivity contribution is -0.480. The van der Waals surface area contributed by atoms with E-state index in [0.717, 1.165) is 18.9 Å². The fraction of sp³-hybridized carbons (Fsp3) is 0.600. The summed E-state index contributed by atoms with van der Waals surface area (Å²) in [5, 5.41) is -0.361. The smallest absolute Gasteiger partial charge is 0.323 e. The van der Waals surface area contributed by atoms with E-state index in [4.69, 9.17) is 25.8 Å². The fourth-order valence-electron chi connectivity index (χ4n) is 2.92. The van der Waals surface area contributed by atoms with E-state index in [1.165, 1.54) is 12.1 Å². The Hall–Kier alpha value is -0.820. The molecule has 0 aliphatic carbocycles. The number of rotatable bonds is 3. The van der Waals surface area contributed by atoms with Crippen LogP contribution in [0.2, 0.25) is 5.02 Å². The minimum Gasteiger partial charge on any atom is -0.323 e. The van der Waals surface area contributed by atoms with Crippen LogP contribution in [-0.2, 0) is 26.4 Å². The van der Waals surface area contributed by atoms with E-state index in [9.17, 15) is 13.2 Å². The summed E-state index contributed by atoms with van der Waals surface area (Å²) in [6.07, 6.45) is -2.70. The lowest BCUT2D eigenvalue weighted by atomic mass is 9.83. The molecule has 3 nitrogen and oxygen atoms in total. The summed E-state index contributed by atoms with van der Waals surface area (Å²) < 4.78 is 55.9. The van der Waals surface area contributed by atoms with Gasteiger partial charge in [-0.3, -0.25) is 0 Å². The molecule has 0 spiro atoms. The standard InChI is InChI=1S/C15H16ClF3O3/c1-2-5-13-7-20-15(21-8-13,22-9-13)10-3-4-12(16)11(6-10)14(17,18)19/h3-4,6H,2,5,7-9H2,1H3. The lowest BCUT2D eigenvalue weighted by Crippen LogP contribution is -2.58. The first-order valence-electron chi connectivity index (χ1n) is 7.09. The average Bonchev–Trinajstić information content (AvgIpc) is 2.48. The topological polar surface area (TPSA) is 27.7 Å². The Kier molecular flexibility index (Phi) is 3.92. The Balaban J connectivity index is 1.90. The van der Waals surface area contributed by atoms with E-state index >= 15 is 0 Å². The largest absolute Gasteiger partial charge is 0.417 e. The van der Waals surface area contributed by atoms with E-state index in [1.807, 2.05) is 0 Å². The van der Waals surface area contributed by atoms with Gasteiger partial charge >= 0.3 is 12.1 Å². The average molecular weight is 337 g/mol. The molecule has 4 rings (SSSR count). The molecule has 3 fully saturated rings.